The van der Waals surface area contributed by atoms with Crippen LogP contribution in [-0.2, 0) is 9.84 Å². The van der Waals surface area contributed by atoms with Crippen LogP contribution < -0.4 is 10.6 Å². The summed E-state index contributed by atoms with van der Waals surface area (Å²) >= 11 is 0. The Morgan fingerprint density at radius 1 is 1.25 bits per heavy atom. The maximum absolute atomic E-state index is 11.6. The highest BCUT2D eigenvalue weighted by atomic mass is 127. The van der Waals surface area contributed by atoms with Crippen LogP contribution in [0.4, 0.5) is 0 Å². The van der Waals surface area contributed by atoms with E-state index >= 15 is 0 Å². The molecule has 2 aliphatic rings. The van der Waals surface area contributed by atoms with Crippen LogP contribution in [0.1, 0.15) is 46.0 Å². The second-order valence-electron chi connectivity index (χ2n) is 7.28. The molecule has 1 aliphatic heterocycles. The van der Waals surface area contributed by atoms with Crippen LogP contribution in [0.5, 0.6) is 0 Å². The number of hydrogen-bond acceptors (Lipinski definition) is 3. The van der Waals surface area contributed by atoms with Gasteiger partial charge in [-0.2, -0.15) is 0 Å². The molecular formula is C17H32IN3O2S. The molecule has 1 saturated heterocycles. The third kappa shape index (κ3) is 7.29. The number of sulfone groups is 1. The third-order valence-corrected chi connectivity index (χ3v) is 6.66. The number of rotatable bonds is 5. The molecular weight excluding hydrogens is 437 g/mol. The summed E-state index contributed by atoms with van der Waals surface area (Å²) < 4.78 is 23.2. The Labute approximate surface area is 164 Å². The van der Waals surface area contributed by atoms with E-state index in [1.54, 1.807) is 0 Å². The third-order valence-electron chi connectivity index (χ3n) is 4.83. The van der Waals surface area contributed by atoms with Gasteiger partial charge in [-0.3, -0.25) is 0 Å². The average Bonchev–Trinajstić information content (AvgIpc) is 2.83. The summed E-state index contributed by atoms with van der Waals surface area (Å²) in [7, 11) is -2.82. The van der Waals surface area contributed by atoms with Crippen molar-refractivity contribution >= 4 is 39.8 Å². The number of nitrogens with zero attached hydrogens (tertiary/aromatic N) is 1. The molecule has 2 fully saturated rings. The van der Waals surface area contributed by atoms with Crippen molar-refractivity contribution in [3.63, 3.8) is 0 Å². The van der Waals surface area contributed by atoms with Crippen molar-refractivity contribution < 1.29 is 8.42 Å². The zero-order valence-corrected chi connectivity index (χ0v) is 18.0. The molecule has 0 bridgehead atoms. The molecule has 2 rings (SSSR count). The number of aliphatic imine (C=N–C) groups is 1. The molecule has 3 atom stereocenters. The molecule has 1 aliphatic carbocycles. The Hall–Kier alpha value is -0.310. The summed E-state index contributed by atoms with van der Waals surface area (Å²) in [5, 5.41) is 6.91. The van der Waals surface area contributed by atoms with Crippen molar-refractivity contribution in [3.8, 4) is 0 Å². The highest BCUT2D eigenvalue weighted by Crippen LogP contribution is 2.23. The minimum Gasteiger partial charge on any atom is -0.356 e. The Kier molecular flexibility index (Phi) is 9.05. The summed E-state index contributed by atoms with van der Waals surface area (Å²) in [4.78, 5) is 4.59. The van der Waals surface area contributed by atoms with E-state index in [9.17, 15) is 8.42 Å². The topological polar surface area (TPSA) is 70.6 Å². The summed E-state index contributed by atoms with van der Waals surface area (Å²) in [6.07, 6.45) is 5.75. The first-order chi connectivity index (χ1) is 10.9. The molecule has 5 nitrogen and oxygen atoms in total. The summed E-state index contributed by atoms with van der Waals surface area (Å²) in [6, 6.07) is 0.451. The number of guanidine groups is 1. The monoisotopic (exact) mass is 469 g/mol. The number of halogens is 1. The van der Waals surface area contributed by atoms with Crippen molar-refractivity contribution in [3.05, 3.63) is 12.2 Å². The lowest BCUT2D eigenvalue weighted by atomic mass is 9.86. The quantitative estimate of drug-likeness (QED) is 0.281. The lowest BCUT2D eigenvalue weighted by Crippen LogP contribution is -2.48. The lowest BCUT2D eigenvalue weighted by molar-refractivity contribution is 0.306. The van der Waals surface area contributed by atoms with Crippen LogP contribution in [-0.4, -0.2) is 45.0 Å². The number of hydrogen-bond donors (Lipinski definition) is 2. The first-order valence-electron chi connectivity index (χ1n) is 8.75. The van der Waals surface area contributed by atoms with Crippen LogP contribution in [0, 0.1) is 11.8 Å². The zero-order valence-electron chi connectivity index (χ0n) is 14.9. The molecule has 140 valence electrons. The Morgan fingerprint density at radius 2 is 1.96 bits per heavy atom. The van der Waals surface area contributed by atoms with Gasteiger partial charge in [0.2, 0.25) is 0 Å². The van der Waals surface area contributed by atoms with E-state index < -0.39 is 9.84 Å². The SMILES string of the molecule is C=C(C)CN=C(NCC1CCS(=O)(=O)C1)NC1CCCCC1C.I. The Morgan fingerprint density at radius 3 is 2.54 bits per heavy atom. The van der Waals surface area contributed by atoms with Crippen LogP contribution in [0.25, 0.3) is 0 Å². The van der Waals surface area contributed by atoms with E-state index in [1.165, 1.54) is 25.7 Å². The maximum atomic E-state index is 11.6. The summed E-state index contributed by atoms with van der Waals surface area (Å²) in [5.74, 6) is 2.27. The first kappa shape index (κ1) is 21.7. The largest absolute Gasteiger partial charge is 0.356 e. The summed E-state index contributed by atoms with van der Waals surface area (Å²) in [6.45, 7) is 9.42. The van der Waals surface area contributed by atoms with Gasteiger partial charge in [0.25, 0.3) is 0 Å². The van der Waals surface area contributed by atoms with Gasteiger partial charge in [-0.1, -0.05) is 31.9 Å². The van der Waals surface area contributed by atoms with E-state index in [0.717, 1.165) is 18.0 Å². The predicted octanol–water partition coefficient (Wildman–Crippen LogP) is 2.73. The van der Waals surface area contributed by atoms with Gasteiger partial charge in [0.1, 0.15) is 0 Å². The van der Waals surface area contributed by atoms with Crippen molar-refractivity contribution in [1.82, 2.24) is 10.6 Å². The van der Waals surface area contributed by atoms with E-state index in [4.69, 9.17) is 0 Å². The molecule has 0 aromatic rings. The van der Waals surface area contributed by atoms with Crippen LogP contribution in [0.15, 0.2) is 17.1 Å². The molecule has 7 heteroatoms. The van der Waals surface area contributed by atoms with E-state index in [0.29, 0.717) is 36.6 Å². The molecule has 24 heavy (non-hydrogen) atoms. The van der Waals surface area contributed by atoms with Crippen LogP contribution in [0.2, 0.25) is 0 Å². The second-order valence-corrected chi connectivity index (χ2v) is 9.51. The van der Waals surface area contributed by atoms with E-state index in [-0.39, 0.29) is 29.9 Å². The normalized spacial score (nSPS) is 29.6. The molecule has 1 heterocycles. The smallest absolute Gasteiger partial charge is 0.191 e. The minimum absolute atomic E-state index is 0. The molecule has 2 N–H and O–H groups in total. The highest BCUT2D eigenvalue weighted by Gasteiger charge is 2.28. The molecule has 0 radical (unpaired) electrons. The van der Waals surface area contributed by atoms with Crippen molar-refractivity contribution in [2.75, 3.05) is 24.6 Å². The van der Waals surface area contributed by atoms with Gasteiger partial charge in [0.05, 0.1) is 18.1 Å². The molecule has 0 aromatic carbocycles. The fourth-order valence-corrected chi connectivity index (χ4v) is 5.21. The maximum Gasteiger partial charge on any atom is 0.191 e. The lowest BCUT2D eigenvalue weighted by Gasteiger charge is -2.31. The minimum atomic E-state index is -2.82. The molecule has 1 saturated carbocycles. The zero-order chi connectivity index (χ0) is 16.9. The van der Waals surface area contributed by atoms with Gasteiger partial charge >= 0.3 is 0 Å². The molecule has 0 amide bonds. The Balaban J connectivity index is 0.00000288. The molecule has 0 aromatic heterocycles. The summed E-state index contributed by atoms with van der Waals surface area (Å²) in [5.41, 5.74) is 1.02. The fraction of sp³-hybridized carbons (Fsp3) is 0.824. The van der Waals surface area contributed by atoms with Crippen molar-refractivity contribution in [2.45, 2.75) is 52.0 Å². The van der Waals surface area contributed by atoms with Gasteiger partial charge in [-0.25, -0.2) is 13.4 Å². The standard InChI is InChI=1S/C17H31N3O2S.HI/c1-13(2)10-18-17(20-16-7-5-4-6-14(16)3)19-11-15-8-9-23(21,22)12-15;/h14-16H,1,4-12H2,2-3H3,(H2,18,19,20);1H. The second kappa shape index (κ2) is 9.99. The Bertz CT molecular complexity index is 548. The van der Waals surface area contributed by atoms with Crippen molar-refractivity contribution in [1.29, 1.82) is 0 Å². The van der Waals surface area contributed by atoms with Crippen LogP contribution >= 0.6 is 24.0 Å². The van der Waals surface area contributed by atoms with Gasteiger partial charge < -0.3 is 10.6 Å². The van der Waals surface area contributed by atoms with E-state index in [2.05, 4.69) is 29.1 Å². The first-order valence-corrected chi connectivity index (χ1v) is 10.6. The molecule has 0 spiro atoms. The highest BCUT2D eigenvalue weighted by molar-refractivity contribution is 14.0. The average molecular weight is 469 g/mol. The molecule has 3 unspecified atom stereocenters. The van der Waals surface area contributed by atoms with Gasteiger partial charge in [-0.05, 0) is 38.0 Å². The van der Waals surface area contributed by atoms with Crippen LogP contribution in [0.3, 0.4) is 0 Å². The number of nitrogens with one attached hydrogen (secondary N) is 2. The van der Waals surface area contributed by atoms with Gasteiger partial charge in [-0.15, -0.1) is 24.0 Å². The van der Waals surface area contributed by atoms with Crippen molar-refractivity contribution in [2.24, 2.45) is 16.8 Å². The van der Waals surface area contributed by atoms with E-state index in [1.807, 2.05) is 6.92 Å². The predicted molar refractivity (Wildman–Crippen MR) is 112 cm³/mol. The van der Waals surface area contributed by atoms with Gasteiger partial charge in [0, 0.05) is 12.6 Å². The van der Waals surface area contributed by atoms with Gasteiger partial charge in [0.15, 0.2) is 15.8 Å². The fourth-order valence-electron chi connectivity index (χ4n) is 3.35.